The van der Waals surface area contributed by atoms with Gasteiger partial charge in [-0.05, 0) is 41.6 Å². The second-order valence-electron chi connectivity index (χ2n) is 6.51. The summed E-state index contributed by atoms with van der Waals surface area (Å²) in [6.45, 7) is 2.03. The first-order chi connectivity index (χ1) is 14.2. The molecule has 1 aromatic heterocycles. The molecule has 0 saturated heterocycles. The summed E-state index contributed by atoms with van der Waals surface area (Å²) in [6, 6.07) is 26.5. The van der Waals surface area contributed by atoms with Crippen molar-refractivity contribution >= 4 is 17.0 Å². The van der Waals surface area contributed by atoms with Crippen LogP contribution in [0.3, 0.4) is 0 Å². The summed E-state index contributed by atoms with van der Waals surface area (Å²) in [5.41, 5.74) is 3.73. The van der Waals surface area contributed by atoms with Gasteiger partial charge in [-0.1, -0.05) is 66.2 Å². The molecule has 6 heteroatoms. The smallest absolute Gasteiger partial charge is 0.198 e. The molecule has 4 rings (SSSR count). The Hall–Kier alpha value is -4.06. The third-order valence-corrected chi connectivity index (χ3v) is 4.43. The third-order valence-electron chi connectivity index (χ3n) is 4.43. The van der Waals surface area contributed by atoms with Crippen molar-refractivity contribution in [1.29, 1.82) is 0 Å². The van der Waals surface area contributed by atoms with E-state index < -0.39 is 0 Å². The molecule has 0 aliphatic rings. The van der Waals surface area contributed by atoms with Crippen molar-refractivity contribution in [2.75, 3.05) is 5.32 Å². The van der Waals surface area contributed by atoms with Crippen LogP contribution < -0.4 is 5.32 Å². The Morgan fingerprint density at radius 2 is 1.55 bits per heavy atom. The number of benzene rings is 3. The van der Waals surface area contributed by atoms with E-state index >= 15 is 0 Å². The van der Waals surface area contributed by atoms with Crippen molar-refractivity contribution in [3.8, 4) is 5.69 Å². The topological polar surface area (TPSA) is 72.7 Å². The summed E-state index contributed by atoms with van der Waals surface area (Å²) in [7, 11) is 0. The van der Waals surface area contributed by atoms with Gasteiger partial charge in [-0.15, -0.1) is 5.10 Å². The van der Waals surface area contributed by atoms with Crippen LogP contribution in [-0.4, -0.2) is 26.0 Å². The fraction of sp³-hybridized carbons (Fsp3) is 0.0435. The molecule has 0 bridgehead atoms. The maximum absolute atomic E-state index is 13.3. The zero-order chi connectivity index (χ0) is 20.1. The highest BCUT2D eigenvalue weighted by atomic mass is 16.1. The largest absolute Gasteiger partial charge is 0.361 e. The molecule has 0 amide bonds. The Balaban J connectivity index is 1.77. The van der Waals surface area contributed by atoms with E-state index in [0.717, 1.165) is 16.9 Å². The fourth-order valence-corrected chi connectivity index (χ4v) is 2.88. The minimum absolute atomic E-state index is 0.169. The number of carbonyl (C=O) groups excluding carboxylic acids is 1. The number of para-hydroxylation sites is 1. The molecule has 4 aromatic rings. The van der Waals surface area contributed by atoms with Crippen LogP contribution in [0.1, 0.15) is 21.7 Å². The van der Waals surface area contributed by atoms with Crippen molar-refractivity contribution in [3.63, 3.8) is 0 Å². The van der Waals surface area contributed by atoms with Crippen LogP contribution >= 0.6 is 0 Å². The molecule has 3 aromatic carbocycles. The normalized spacial score (nSPS) is 11.3. The van der Waals surface area contributed by atoms with E-state index in [1.807, 2.05) is 79.7 Å². The Labute approximate surface area is 168 Å². The maximum atomic E-state index is 13.3. The highest BCUT2D eigenvalue weighted by molar-refractivity contribution is 6.28. The first kappa shape index (κ1) is 18.3. The van der Waals surface area contributed by atoms with Gasteiger partial charge in [-0.2, -0.15) is 4.68 Å². The number of tetrazole rings is 1. The van der Waals surface area contributed by atoms with Crippen molar-refractivity contribution in [1.82, 2.24) is 20.2 Å². The number of Topliss-reactive ketones (excluding diaryl/α,β-unsaturated/α-hetero) is 1. The zero-order valence-corrected chi connectivity index (χ0v) is 15.9. The molecule has 6 nitrogen and oxygen atoms in total. The molecular weight excluding hydrogens is 362 g/mol. The van der Waals surface area contributed by atoms with E-state index in [0.29, 0.717) is 17.0 Å². The van der Waals surface area contributed by atoms with Gasteiger partial charge < -0.3 is 5.32 Å². The number of carbonyl (C=O) groups is 1. The summed E-state index contributed by atoms with van der Waals surface area (Å²) >= 11 is 0. The van der Waals surface area contributed by atoms with Gasteiger partial charge in [0.15, 0.2) is 11.6 Å². The van der Waals surface area contributed by atoms with Crippen molar-refractivity contribution in [2.24, 2.45) is 0 Å². The predicted octanol–water partition coefficient (Wildman–Crippen LogP) is 4.31. The van der Waals surface area contributed by atoms with E-state index in [9.17, 15) is 4.79 Å². The number of aromatic nitrogens is 4. The number of ketones is 1. The van der Waals surface area contributed by atoms with Crippen LogP contribution in [0.15, 0.2) is 91.1 Å². The average Bonchev–Trinajstić information content (AvgIpc) is 3.26. The second-order valence-corrected chi connectivity index (χ2v) is 6.51. The van der Waals surface area contributed by atoms with Crippen molar-refractivity contribution in [2.45, 2.75) is 6.92 Å². The summed E-state index contributed by atoms with van der Waals surface area (Å²) in [6.07, 6.45) is 1.66. The second kappa shape index (κ2) is 8.31. The van der Waals surface area contributed by atoms with Gasteiger partial charge in [0.05, 0.1) is 11.3 Å². The average molecular weight is 381 g/mol. The molecule has 0 fully saturated rings. The number of nitrogens with one attached hydrogen (secondary N) is 1. The summed E-state index contributed by atoms with van der Waals surface area (Å²) in [4.78, 5) is 13.3. The zero-order valence-electron chi connectivity index (χ0n) is 15.9. The number of hydrogen-bond acceptors (Lipinski definition) is 5. The monoisotopic (exact) mass is 381 g/mol. The van der Waals surface area contributed by atoms with Crippen LogP contribution in [0.5, 0.6) is 0 Å². The number of anilines is 1. The summed E-state index contributed by atoms with van der Waals surface area (Å²) in [5, 5.41) is 15.2. The Bertz CT molecular complexity index is 1130. The Morgan fingerprint density at radius 1 is 0.897 bits per heavy atom. The van der Waals surface area contributed by atoms with E-state index in [4.69, 9.17) is 0 Å². The predicted molar refractivity (Wildman–Crippen MR) is 113 cm³/mol. The van der Waals surface area contributed by atoms with Gasteiger partial charge in [0, 0.05) is 17.5 Å². The lowest BCUT2D eigenvalue weighted by atomic mass is 10.0. The van der Waals surface area contributed by atoms with E-state index in [2.05, 4.69) is 20.8 Å². The molecule has 142 valence electrons. The minimum atomic E-state index is -0.169. The Kier molecular flexibility index (Phi) is 5.25. The fourth-order valence-electron chi connectivity index (χ4n) is 2.88. The van der Waals surface area contributed by atoms with Gasteiger partial charge in [0.1, 0.15) is 0 Å². The molecule has 0 atom stereocenters. The van der Waals surface area contributed by atoms with Gasteiger partial charge in [-0.3, -0.25) is 4.79 Å². The van der Waals surface area contributed by atoms with Gasteiger partial charge in [-0.25, -0.2) is 0 Å². The lowest BCUT2D eigenvalue weighted by Gasteiger charge is -2.09. The highest BCUT2D eigenvalue weighted by Gasteiger charge is 2.21. The number of rotatable bonds is 6. The van der Waals surface area contributed by atoms with Gasteiger partial charge in [0.25, 0.3) is 0 Å². The van der Waals surface area contributed by atoms with Crippen LogP contribution in [0.25, 0.3) is 11.3 Å². The van der Waals surface area contributed by atoms with Crippen molar-refractivity contribution < 1.29 is 4.79 Å². The highest BCUT2D eigenvalue weighted by Crippen LogP contribution is 2.21. The first-order valence-corrected chi connectivity index (χ1v) is 9.20. The minimum Gasteiger partial charge on any atom is -0.361 e. The van der Waals surface area contributed by atoms with Crippen LogP contribution in [0.4, 0.5) is 5.69 Å². The molecule has 0 saturated carbocycles. The van der Waals surface area contributed by atoms with Crippen molar-refractivity contribution in [3.05, 3.63) is 108 Å². The van der Waals surface area contributed by atoms with Gasteiger partial charge >= 0.3 is 0 Å². The number of nitrogens with zero attached hydrogens (tertiary/aromatic N) is 4. The molecule has 29 heavy (non-hydrogen) atoms. The lowest BCUT2D eigenvalue weighted by molar-refractivity contribution is 0.105. The summed E-state index contributed by atoms with van der Waals surface area (Å²) < 4.78 is 1.56. The SMILES string of the molecule is Cc1ccc(N/C=C(/C(=O)c2ccccc2)c2nnnn2-c2ccccc2)cc1. The quantitative estimate of drug-likeness (QED) is 0.398. The number of hydrogen-bond donors (Lipinski definition) is 1. The van der Waals surface area contributed by atoms with Crippen LogP contribution in [0.2, 0.25) is 0 Å². The number of allylic oxidation sites excluding steroid dienone is 1. The van der Waals surface area contributed by atoms with E-state index in [1.165, 1.54) is 0 Å². The summed E-state index contributed by atoms with van der Waals surface area (Å²) in [5.74, 6) is 0.196. The van der Waals surface area contributed by atoms with Crippen LogP contribution in [-0.2, 0) is 0 Å². The third kappa shape index (κ3) is 4.11. The van der Waals surface area contributed by atoms with Crippen LogP contribution in [0, 0.1) is 6.92 Å². The van der Waals surface area contributed by atoms with E-state index in [-0.39, 0.29) is 5.78 Å². The molecule has 0 aliphatic heterocycles. The molecule has 0 aliphatic carbocycles. The molecule has 1 N–H and O–H groups in total. The first-order valence-electron chi connectivity index (χ1n) is 9.20. The molecule has 1 heterocycles. The molecule has 0 spiro atoms. The molecule has 0 unspecified atom stereocenters. The maximum Gasteiger partial charge on any atom is 0.198 e. The Morgan fingerprint density at radius 3 is 2.24 bits per heavy atom. The molecular formula is C23H19N5O. The standard InChI is InChI=1S/C23H19N5O/c1-17-12-14-19(15-13-17)24-16-21(22(29)18-8-4-2-5-9-18)23-25-26-27-28(23)20-10-6-3-7-11-20/h2-16,24H,1H3/b21-16-. The van der Waals surface area contributed by atoms with Gasteiger partial charge in [0.2, 0.25) is 0 Å². The lowest BCUT2D eigenvalue weighted by Crippen LogP contribution is -2.11. The molecule has 0 radical (unpaired) electrons. The number of aryl methyl sites for hydroxylation is 1. The van der Waals surface area contributed by atoms with E-state index in [1.54, 1.807) is 23.0 Å².